The number of nitrogens with zero attached hydrogens (tertiary/aromatic N) is 3. The van der Waals surface area contributed by atoms with Crippen molar-refractivity contribution in [2.24, 2.45) is 7.05 Å². The summed E-state index contributed by atoms with van der Waals surface area (Å²) in [4.78, 5) is 3.28. The van der Waals surface area contributed by atoms with Crippen LogP contribution in [0.4, 0.5) is 5.69 Å². The molecule has 1 aliphatic rings. The van der Waals surface area contributed by atoms with Gasteiger partial charge in [-0.25, -0.2) is 8.42 Å². The predicted octanol–water partition coefficient (Wildman–Crippen LogP) is 6.80. The third kappa shape index (κ3) is 5.64. The average molecular weight is 584 g/mol. The average Bonchev–Trinajstić information content (AvgIpc) is 3.50. The second-order valence-electron chi connectivity index (χ2n) is 10.5. The molecule has 1 aliphatic heterocycles. The van der Waals surface area contributed by atoms with Gasteiger partial charge in [0.2, 0.25) is 11.2 Å². The number of hydrogen-bond acceptors (Lipinski definition) is 5. The Morgan fingerprint density at radius 2 is 1.78 bits per heavy atom. The topological polar surface area (TPSA) is 69.2 Å². The van der Waals surface area contributed by atoms with Crippen LogP contribution in [0, 0.1) is 0 Å². The van der Waals surface area contributed by atoms with E-state index in [1.165, 1.54) is 16.6 Å². The third-order valence-electron chi connectivity index (χ3n) is 7.67. The zero-order chi connectivity index (χ0) is 28.6. The monoisotopic (exact) mass is 583 g/mol. The van der Waals surface area contributed by atoms with Crippen molar-refractivity contribution in [2.75, 3.05) is 17.2 Å². The van der Waals surface area contributed by atoms with Gasteiger partial charge in [0.1, 0.15) is 0 Å². The van der Waals surface area contributed by atoms with Crippen molar-refractivity contribution in [3.05, 3.63) is 101 Å². The van der Waals surface area contributed by atoms with Gasteiger partial charge in [-0.1, -0.05) is 49.4 Å². The molecule has 41 heavy (non-hydrogen) atoms. The van der Waals surface area contributed by atoms with E-state index in [1.54, 1.807) is 11.8 Å². The fourth-order valence-electron chi connectivity index (χ4n) is 5.69. The minimum atomic E-state index is -4.26. The molecule has 210 valence electrons. The van der Waals surface area contributed by atoms with E-state index < -0.39 is 10.1 Å². The minimum absolute atomic E-state index is 0.275. The zero-order valence-corrected chi connectivity index (χ0v) is 24.9. The molecular weight excluding hydrogens is 551 g/mol. The highest BCUT2D eigenvalue weighted by Crippen LogP contribution is 2.46. The van der Waals surface area contributed by atoms with E-state index in [-0.39, 0.29) is 12.2 Å². The third-order valence-corrected chi connectivity index (χ3v) is 9.57. The molecule has 6 rings (SSSR count). The zero-order valence-electron chi connectivity index (χ0n) is 23.3. The van der Waals surface area contributed by atoms with E-state index in [0.29, 0.717) is 6.54 Å². The van der Waals surface area contributed by atoms with Crippen LogP contribution < -0.4 is 9.47 Å². The molecule has 3 heterocycles. The van der Waals surface area contributed by atoms with E-state index in [1.807, 2.05) is 12.1 Å². The van der Waals surface area contributed by atoms with Gasteiger partial charge in [0.05, 0.1) is 26.2 Å². The molecule has 0 aliphatic carbocycles. The van der Waals surface area contributed by atoms with Gasteiger partial charge in [-0.05, 0) is 54.8 Å². The van der Waals surface area contributed by atoms with Crippen LogP contribution in [0.15, 0.2) is 95.0 Å². The molecule has 3 aromatic carbocycles. The maximum atomic E-state index is 11.3. The Morgan fingerprint density at radius 3 is 2.61 bits per heavy atom. The van der Waals surface area contributed by atoms with Crippen molar-refractivity contribution < 1.29 is 17.5 Å². The predicted molar refractivity (Wildman–Crippen MR) is 167 cm³/mol. The largest absolute Gasteiger partial charge is 0.748 e. The summed E-state index contributed by atoms with van der Waals surface area (Å²) in [5.74, 6) is -0.370. The van der Waals surface area contributed by atoms with Gasteiger partial charge in [-0.3, -0.25) is 0 Å². The summed E-state index contributed by atoms with van der Waals surface area (Å²) in [7, 11) is -2.19. The van der Waals surface area contributed by atoms with Crippen molar-refractivity contribution in [1.29, 1.82) is 0 Å². The molecular formula is C33H33N3O3S2. The van der Waals surface area contributed by atoms with Gasteiger partial charge in [0, 0.05) is 72.0 Å². The number of unbranched alkanes of at least 4 members (excludes halogenated alkanes) is 1. The lowest BCUT2D eigenvalue weighted by molar-refractivity contribution is -0.576. The number of fused-ring (bicyclic) bond motifs is 3. The van der Waals surface area contributed by atoms with Crippen LogP contribution in [0.1, 0.15) is 37.4 Å². The summed E-state index contributed by atoms with van der Waals surface area (Å²) in [5, 5.41) is 3.39. The van der Waals surface area contributed by atoms with Crippen molar-refractivity contribution >= 4 is 55.4 Å². The number of thioether (sulfide) groups is 1. The second kappa shape index (κ2) is 11.4. The van der Waals surface area contributed by atoms with Crippen molar-refractivity contribution in [3.63, 3.8) is 0 Å². The summed E-state index contributed by atoms with van der Waals surface area (Å²) >= 11 is 1.68. The molecule has 0 amide bonds. The molecule has 0 unspecified atom stereocenters. The smallest absolute Gasteiger partial charge is 0.219 e. The molecule has 6 nitrogen and oxygen atoms in total. The number of aryl methyl sites for hydroxylation is 2. The Labute approximate surface area is 245 Å². The first-order chi connectivity index (χ1) is 19.8. The Morgan fingerprint density at radius 1 is 0.976 bits per heavy atom. The summed E-state index contributed by atoms with van der Waals surface area (Å²) < 4.78 is 38.5. The number of benzene rings is 3. The molecule has 0 radical (unpaired) electrons. The maximum absolute atomic E-state index is 11.3. The van der Waals surface area contributed by atoms with Crippen LogP contribution in [0.5, 0.6) is 0 Å². The van der Waals surface area contributed by atoms with Gasteiger partial charge in [-0.2, -0.15) is 4.57 Å². The lowest BCUT2D eigenvalue weighted by atomic mass is 10.0. The number of rotatable bonds is 9. The van der Waals surface area contributed by atoms with Crippen LogP contribution in [-0.2, 0) is 23.6 Å². The van der Waals surface area contributed by atoms with Gasteiger partial charge in [0.15, 0.2) is 5.69 Å². The van der Waals surface area contributed by atoms with Crippen LogP contribution in [-0.4, -0.2) is 29.8 Å². The number of hydrogen-bond donors (Lipinski definition) is 0. The van der Waals surface area contributed by atoms with Gasteiger partial charge >= 0.3 is 0 Å². The fourth-order valence-corrected chi connectivity index (χ4v) is 7.31. The van der Waals surface area contributed by atoms with Crippen molar-refractivity contribution in [2.45, 2.75) is 37.5 Å². The van der Waals surface area contributed by atoms with E-state index in [4.69, 9.17) is 0 Å². The van der Waals surface area contributed by atoms with Crippen molar-refractivity contribution in [3.8, 4) is 5.69 Å². The van der Waals surface area contributed by atoms with Crippen LogP contribution in [0.3, 0.4) is 0 Å². The normalized spacial score (nSPS) is 14.4. The first-order valence-electron chi connectivity index (χ1n) is 14.0. The summed E-state index contributed by atoms with van der Waals surface area (Å²) in [6.07, 6.45) is 7.72. The molecule has 0 N–H and O–H groups in total. The standard InChI is InChI=1S/C33H33N3O3S2/c1-3-4-10-26-22-25(23-33-35(18-9-20-41(37,38)39)31-13-7-8-14-32(31)40-33)28-11-5-6-12-30(28)36(26)27-15-16-29-24(21-27)17-19-34(29)2/h5-8,11-17,19,21-23H,3-4,9-10,18,20H2,1-2H3. The quantitative estimate of drug-likeness (QED) is 0.141. The second-order valence-corrected chi connectivity index (χ2v) is 13.1. The minimum Gasteiger partial charge on any atom is -0.748 e. The lowest BCUT2D eigenvalue weighted by Gasteiger charge is -2.21. The van der Waals surface area contributed by atoms with Crippen molar-refractivity contribution in [1.82, 2.24) is 4.57 Å². The van der Waals surface area contributed by atoms with Crippen LogP contribution in [0.2, 0.25) is 0 Å². The molecule has 0 fully saturated rings. The van der Waals surface area contributed by atoms with Crippen LogP contribution in [0.25, 0.3) is 33.6 Å². The lowest BCUT2D eigenvalue weighted by Crippen LogP contribution is -2.37. The first kappa shape index (κ1) is 27.6. The highest BCUT2D eigenvalue weighted by Gasteiger charge is 2.27. The first-order valence-corrected chi connectivity index (χ1v) is 16.4. The molecule has 5 aromatic rings. The van der Waals surface area contributed by atoms with E-state index in [2.05, 4.69) is 107 Å². The Hall–Kier alpha value is -3.59. The molecule has 2 aromatic heterocycles. The molecule has 0 saturated heterocycles. The van der Waals surface area contributed by atoms with Gasteiger partial charge < -0.3 is 14.0 Å². The molecule has 0 spiro atoms. The SMILES string of the molecule is CCCCc1cc(C=C2Sc3ccccc3N2CCCS(=O)(=O)[O-])c2ccccc2[n+]1-c1ccc2c(ccn2C)c1. The number of aromatic nitrogens is 2. The summed E-state index contributed by atoms with van der Waals surface area (Å²) in [5.41, 5.74) is 6.92. The number of pyridine rings is 1. The highest BCUT2D eigenvalue weighted by atomic mass is 32.2. The highest BCUT2D eigenvalue weighted by molar-refractivity contribution is 8.03. The van der Waals surface area contributed by atoms with Gasteiger partial charge in [-0.15, -0.1) is 0 Å². The Balaban J connectivity index is 1.49. The fraction of sp³-hybridized carbons (Fsp3) is 0.242. The van der Waals surface area contributed by atoms with Crippen LogP contribution >= 0.6 is 11.8 Å². The molecule has 0 atom stereocenters. The maximum Gasteiger partial charge on any atom is 0.219 e. The Kier molecular flexibility index (Phi) is 7.64. The number of para-hydroxylation sites is 2. The van der Waals surface area contributed by atoms with E-state index in [9.17, 15) is 13.0 Å². The van der Waals surface area contributed by atoms with E-state index in [0.717, 1.165) is 57.0 Å². The summed E-state index contributed by atoms with van der Waals surface area (Å²) in [6, 6.07) is 27.8. The molecule has 0 saturated carbocycles. The Bertz CT molecular complexity index is 1890. The molecule has 0 bridgehead atoms. The molecule has 8 heteroatoms. The summed E-state index contributed by atoms with van der Waals surface area (Å²) in [6.45, 7) is 2.68. The van der Waals surface area contributed by atoms with E-state index >= 15 is 0 Å². The van der Waals surface area contributed by atoms with Gasteiger partial charge in [0.25, 0.3) is 0 Å². The number of anilines is 1.